The Bertz CT molecular complexity index is 313. The highest BCUT2D eigenvalue weighted by molar-refractivity contribution is 7.89. The summed E-state index contributed by atoms with van der Waals surface area (Å²) >= 11 is 0. The molecular formula is C10H21NO3S. The Morgan fingerprint density at radius 3 is 2.47 bits per heavy atom. The molecule has 0 N–H and O–H groups in total. The van der Waals surface area contributed by atoms with Crippen molar-refractivity contribution in [3.05, 3.63) is 0 Å². The molecule has 1 heterocycles. The topological polar surface area (TPSA) is 46.6 Å². The largest absolute Gasteiger partial charge is 0.377 e. The molecule has 0 radical (unpaired) electrons. The Labute approximate surface area is 92.7 Å². The van der Waals surface area contributed by atoms with Crippen LogP contribution in [0, 0.1) is 0 Å². The van der Waals surface area contributed by atoms with Gasteiger partial charge in [0.25, 0.3) is 0 Å². The maximum absolute atomic E-state index is 12.0. The number of sulfonamides is 1. The molecule has 15 heavy (non-hydrogen) atoms. The zero-order valence-electron chi connectivity index (χ0n) is 9.99. The average Bonchev–Trinajstić information content (AvgIpc) is 2.17. The third-order valence-electron chi connectivity index (χ3n) is 3.07. The monoisotopic (exact) mass is 235 g/mol. The predicted molar refractivity (Wildman–Crippen MR) is 60.3 cm³/mol. The van der Waals surface area contributed by atoms with E-state index < -0.39 is 10.0 Å². The van der Waals surface area contributed by atoms with Gasteiger partial charge in [0.15, 0.2) is 0 Å². The molecule has 0 saturated carbocycles. The number of rotatable bonds is 3. The Balaban J connectivity index is 2.81. The van der Waals surface area contributed by atoms with E-state index in [9.17, 15) is 8.42 Å². The minimum Gasteiger partial charge on any atom is -0.377 e. The predicted octanol–water partition coefficient (Wildman–Crippen LogP) is 1.23. The van der Waals surface area contributed by atoms with Gasteiger partial charge in [0.05, 0.1) is 10.9 Å². The van der Waals surface area contributed by atoms with Crippen molar-refractivity contribution < 1.29 is 13.2 Å². The lowest BCUT2D eigenvalue weighted by molar-refractivity contribution is -0.0320. The van der Waals surface area contributed by atoms with E-state index in [2.05, 4.69) is 0 Å². The number of nitrogens with zero attached hydrogens (tertiary/aromatic N) is 1. The quantitative estimate of drug-likeness (QED) is 0.739. The average molecular weight is 235 g/mol. The second-order valence-electron chi connectivity index (χ2n) is 4.68. The number of hydrogen-bond acceptors (Lipinski definition) is 3. The molecule has 1 unspecified atom stereocenters. The Morgan fingerprint density at radius 1 is 1.40 bits per heavy atom. The van der Waals surface area contributed by atoms with Gasteiger partial charge in [-0.3, -0.25) is 0 Å². The Morgan fingerprint density at radius 2 is 2.00 bits per heavy atom. The lowest BCUT2D eigenvalue weighted by Gasteiger charge is -2.39. The zero-order chi connectivity index (χ0) is 11.7. The third kappa shape index (κ3) is 2.71. The van der Waals surface area contributed by atoms with Gasteiger partial charge >= 0.3 is 0 Å². The van der Waals surface area contributed by atoms with Gasteiger partial charge in [-0.15, -0.1) is 0 Å². The molecule has 5 heteroatoms. The van der Waals surface area contributed by atoms with Crippen LogP contribution in [0.1, 0.15) is 33.6 Å². The third-order valence-corrected chi connectivity index (χ3v) is 5.30. The lowest BCUT2D eigenvalue weighted by Crippen LogP contribution is -2.51. The van der Waals surface area contributed by atoms with Crippen molar-refractivity contribution in [2.24, 2.45) is 0 Å². The van der Waals surface area contributed by atoms with Crippen LogP contribution in [-0.2, 0) is 14.8 Å². The maximum atomic E-state index is 12.0. The second-order valence-corrected chi connectivity index (χ2v) is 7.17. The molecule has 4 nitrogen and oxygen atoms in total. The summed E-state index contributed by atoms with van der Waals surface area (Å²) < 4.78 is 30.9. The van der Waals surface area contributed by atoms with Crippen LogP contribution in [0.2, 0.25) is 0 Å². The van der Waals surface area contributed by atoms with Crippen LogP contribution in [0.3, 0.4) is 0 Å². The molecule has 0 aromatic heterocycles. The van der Waals surface area contributed by atoms with E-state index in [0.29, 0.717) is 13.1 Å². The molecule has 1 rings (SSSR count). The molecule has 1 saturated heterocycles. The molecule has 0 aromatic carbocycles. The normalized spacial score (nSPS) is 29.7. The van der Waals surface area contributed by atoms with Gasteiger partial charge in [-0.25, -0.2) is 8.42 Å². The summed E-state index contributed by atoms with van der Waals surface area (Å²) in [4.78, 5) is 0. The lowest BCUT2D eigenvalue weighted by atomic mass is 9.96. The van der Waals surface area contributed by atoms with Gasteiger partial charge in [-0.1, -0.05) is 0 Å². The molecular weight excluding hydrogens is 214 g/mol. The minimum absolute atomic E-state index is 0.319. The van der Waals surface area contributed by atoms with Crippen molar-refractivity contribution in [2.45, 2.75) is 44.5 Å². The first-order chi connectivity index (χ1) is 6.82. The molecule has 0 aromatic rings. The van der Waals surface area contributed by atoms with Crippen LogP contribution in [0.4, 0.5) is 0 Å². The SMILES string of the molecule is COC1(C)CCCN(S(=O)(=O)C(C)C)C1. The van der Waals surface area contributed by atoms with Crippen molar-refractivity contribution in [1.82, 2.24) is 4.31 Å². The van der Waals surface area contributed by atoms with Crippen LogP contribution < -0.4 is 0 Å². The number of ether oxygens (including phenoxy) is 1. The molecule has 1 aliphatic heterocycles. The van der Waals surface area contributed by atoms with E-state index in [0.717, 1.165) is 12.8 Å². The fourth-order valence-corrected chi connectivity index (χ4v) is 3.28. The van der Waals surface area contributed by atoms with E-state index in [4.69, 9.17) is 4.74 Å². The second kappa shape index (κ2) is 4.39. The highest BCUT2D eigenvalue weighted by atomic mass is 32.2. The van der Waals surface area contributed by atoms with Crippen molar-refractivity contribution in [3.8, 4) is 0 Å². The molecule has 1 fully saturated rings. The summed E-state index contributed by atoms with van der Waals surface area (Å²) in [7, 11) is -1.48. The fraction of sp³-hybridized carbons (Fsp3) is 1.00. The first kappa shape index (κ1) is 12.9. The fourth-order valence-electron chi connectivity index (χ4n) is 1.84. The molecule has 1 aliphatic rings. The van der Waals surface area contributed by atoms with Crippen LogP contribution in [0.25, 0.3) is 0 Å². The summed E-state index contributed by atoms with van der Waals surface area (Å²) in [6, 6.07) is 0. The summed E-state index contributed by atoms with van der Waals surface area (Å²) in [5.41, 5.74) is -0.319. The van der Waals surface area contributed by atoms with Gasteiger partial charge in [-0.05, 0) is 33.6 Å². The highest BCUT2D eigenvalue weighted by Crippen LogP contribution is 2.26. The van der Waals surface area contributed by atoms with Gasteiger partial charge in [-0.2, -0.15) is 4.31 Å². The van der Waals surface area contributed by atoms with Crippen molar-refractivity contribution in [3.63, 3.8) is 0 Å². The Kier molecular flexibility index (Phi) is 3.79. The van der Waals surface area contributed by atoms with E-state index >= 15 is 0 Å². The van der Waals surface area contributed by atoms with Gasteiger partial charge in [0.2, 0.25) is 10.0 Å². The molecule has 1 atom stereocenters. The number of methoxy groups -OCH3 is 1. The zero-order valence-corrected chi connectivity index (χ0v) is 10.8. The summed E-state index contributed by atoms with van der Waals surface area (Å²) in [6.07, 6.45) is 1.80. The van der Waals surface area contributed by atoms with E-state index in [1.807, 2.05) is 6.92 Å². The van der Waals surface area contributed by atoms with Gasteiger partial charge < -0.3 is 4.74 Å². The number of hydrogen-bond donors (Lipinski definition) is 0. The number of piperidine rings is 1. The van der Waals surface area contributed by atoms with Crippen molar-refractivity contribution in [2.75, 3.05) is 20.2 Å². The van der Waals surface area contributed by atoms with Crippen molar-refractivity contribution in [1.29, 1.82) is 0 Å². The van der Waals surface area contributed by atoms with Crippen LogP contribution in [0.5, 0.6) is 0 Å². The molecule has 0 spiro atoms. The van der Waals surface area contributed by atoms with Crippen LogP contribution in [-0.4, -0.2) is 43.8 Å². The first-order valence-electron chi connectivity index (χ1n) is 5.36. The molecule has 0 bridgehead atoms. The van der Waals surface area contributed by atoms with E-state index in [-0.39, 0.29) is 10.9 Å². The van der Waals surface area contributed by atoms with Gasteiger partial charge in [0.1, 0.15) is 0 Å². The Hall–Kier alpha value is -0.130. The summed E-state index contributed by atoms with van der Waals surface area (Å²) in [5, 5.41) is -0.350. The summed E-state index contributed by atoms with van der Waals surface area (Å²) in [5.74, 6) is 0. The highest BCUT2D eigenvalue weighted by Gasteiger charge is 2.37. The molecule has 0 aliphatic carbocycles. The first-order valence-corrected chi connectivity index (χ1v) is 6.86. The maximum Gasteiger partial charge on any atom is 0.216 e. The van der Waals surface area contributed by atoms with E-state index in [1.54, 1.807) is 25.3 Å². The minimum atomic E-state index is -3.13. The smallest absolute Gasteiger partial charge is 0.216 e. The van der Waals surface area contributed by atoms with Crippen LogP contribution in [0.15, 0.2) is 0 Å². The van der Waals surface area contributed by atoms with Crippen LogP contribution >= 0.6 is 0 Å². The summed E-state index contributed by atoms with van der Waals surface area (Å²) in [6.45, 7) is 6.50. The van der Waals surface area contributed by atoms with Gasteiger partial charge in [0, 0.05) is 20.2 Å². The molecule has 90 valence electrons. The molecule has 0 amide bonds. The van der Waals surface area contributed by atoms with E-state index in [1.165, 1.54) is 0 Å². The standard InChI is InChI=1S/C10H21NO3S/c1-9(2)15(12,13)11-7-5-6-10(3,8-11)14-4/h9H,5-8H2,1-4H3. The van der Waals surface area contributed by atoms with Crippen molar-refractivity contribution >= 4 is 10.0 Å².